The zero-order chi connectivity index (χ0) is 20.2. The summed E-state index contributed by atoms with van der Waals surface area (Å²) in [6.45, 7) is 1.95. The van der Waals surface area contributed by atoms with Crippen LogP contribution in [0.5, 0.6) is 0 Å². The van der Waals surface area contributed by atoms with Gasteiger partial charge in [-0.25, -0.2) is 13.4 Å². The summed E-state index contributed by atoms with van der Waals surface area (Å²) in [7, 11) is -3.30. The second-order valence-corrected chi connectivity index (χ2v) is 9.90. The van der Waals surface area contributed by atoms with Gasteiger partial charge >= 0.3 is 0 Å². The van der Waals surface area contributed by atoms with Crippen LogP contribution in [-0.4, -0.2) is 29.5 Å². The van der Waals surface area contributed by atoms with Crippen LogP contribution in [0.15, 0.2) is 36.5 Å². The smallest absolute Gasteiger partial charge is 0.235 e. The summed E-state index contributed by atoms with van der Waals surface area (Å²) in [5.41, 5.74) is 4.12. The first-order valence-electron chi connectivity index (χ1n) is 9.82. The first-order valence-corrected chi connectivity index (χ1v) is 11.4. The van der Waals surface area contributed by atoms with Crippen LogP contribution in [0.3, 0.4) is 0 Å². The van der Waals surface area contributed by atoms with Crippen molar-refractivity contribution in [3.63, 3.8) is 0 Å². The number of amides is 1. The van der Waals surface area contributed by atoms with Crippen molar-refractivity contribution in [3.8, 4) is 11.1 Å². The number of carbonyl (C=O) groups is 1. The van der Waals surface area contributed by atoms with Gasteiger partial charge in [0.05, 0.1) is 5.25 Å². The highest BCUT2D eigenvalue weighted by atomic mass is 32.2. The Kier molecular flexibility index (Phi) is 4.13. The molecule has 8 heteroatoms. The van der Waals surface area contributed by atoms with Crippen molar-refractivity contribution >= 4 is 38.5 Å². The monoisotopic (exact) mass is 410 g/mol. The number of anilines is 2. The predicted octanol–water partition coefficient (Wildman–Crippen LogP) is 3.79. The lowest BCUT2D eigenvalue weighted by atomic mass is 9.98. The summed E-state index contributed by atoms with van der Waals surface area (Å²) in [6, 6.07) is 9.37. The minimum atomic E-state index is -3.30. The molecule has 2 heterocycles. The summed E-state index contributed by atoms with van der Waals surface area (Å²) in [5, 5.41) is 3.60. The van der Waals surface area contributed by atoms with E-state index in [1.807, 2.05) is 37.4 Å². The molecule has 2 aliphatic rings. The minimum Gasteiger partial charge on any atom is -0.346 e. The number of aromatic amines is 1. The molecule has 150 valence electrons. The average molecular weight is 410 g/mol. The molecule has 2 aliphatic carbocycles. The maximum Gasteiger partial charge on any atom is 0.235 e. The molecule has 0 radical (unpaired) electrons. The molecule has 0 spiro atoms. The van der Waals surface area contributed by atoms with Gasteiger partial charge in [-0.05, 0) is 73.6 Å². The largest absolute Gasteiger partial charge is 0.346 e. The molecule has 1 aromatic carbocycles. The van der Waals surface area contributed by atoms with E-state index in [1.54, 1.807) is 6.07 Å². The number of hydrogen-bond donors (Lipinski definition) is 3. The highest BCUT2D eigenvalue weighted by molar-refractivity contribution is 7.93. The number of carbonyl (C=O) groups excluding carboxylic acids is 1. The van der Waals surface area contributed by atoms with E-state index in [0.29, 0.717) is 17.2 Å². The second kappa shape index (κ2) is 6.59. The Hall–Kier alpha value is -2.87. The number of fused-ring (bicyclic) bond motifs is 1. The Bertz CT molecular complexity index is 1220. The summed E-state index contributed by atoms with van der Waals surface area (Å²) in [4.78, 5) is 19.8. The van der Waals surface area contributed by atoms with Crippen molar-refractivity contribution < 1.29 is 13.2 Å². The number of rotatable bonds is 6. The number of benzene rings is 1. The zero-order valence-corrected chi connectivity index (χ0v) is 16.8. The number of sulfonamides is 1. The lowest BCUT2D eigenvalue weighted by Gasteiger charge is -2.13. The lowest BCUT2D eigenvalue weighted by molar-refractivity contribution is -0.117. The molecule has 3 N–H and O–H groups in total. The van der Waals surface area contributed by atoms with E-state index in [-0.39, 0.29) is 17.1 Å². The Labute approximate surface area is 169 Å². The number of nitrogens with zero attached hydrogens (tertiary/aromatic N) is 1. The van der Waals surface area contributed by atoms with E-state index < -0.39 is 10.0 Å². The molecule has 0 saturated heterocycles. The summed E-state index contributed by atoms with van der Waals surface area (Å²) >= 11 is 0. The van der Waals surface area contributed by atoms with Crippen LogP contribution < -0.4 is 10.0 Å². The van der Waals surface area contributed by atoms with Crippen LogP contribution >= 0.6 is 0 Å². The van der Waals surface area contributed by atoms with Crippen molar-refractivity contribution in [2.75, 3.05) is 10.0 Å². The normalized spacial score (nSPS) is 16.7. The first-order chi connectivity index (χ1) is 13.9. The summed E-state index contributed by atoms with van der Waals surface area (Å²) in [6.07, 6.45) is 5.14. The highest BCUT2D eigenvalue weighted by Gasteiger charge is 2.35. The Morgan fingerprint density at radius 2 is 1.90 bits per heavy atom. The number of aryl methyl sites for hydroxylation is 1. The standard InChI is InChI=1S/C21H22N4O3S/c1-12-10-14(25-29(27,28)15-5-6-15)4-7-16(12)18-11-19(24-21(26)13-2-3-13)23-20-17(18)8-9-22-20/h4,7-11,13,15,25H,2-3,5-6H2,1H3,(H2,22,23,24,26). The van der Waals surface area contributed by atoms with Gasteiger partial charge in [0, 0.05) is 23.2 Å². The van der Waals surface area contributed by atoms with E-state index in [9.17, 15) is 13.2 Å². The lowest BCUT2D eigenvalue weighted by Crippen LogP contribution is -2.17. The second-order valence-electron chi connectivity index (χ2n) is 7.93. The van der Waals surface area contributed by atoms with E-state index in [1.165, 1.54) is 0 Å². The number of H-pyrrole nitrogens is 1. The fourth-order valence-corrected chi connectivity index (χ4v) is 4.93. The van der Waals surface area contributed by atoms with E-state index in [0.717, 1.165) is 47.8 Å². The molecule has 2 aromatic heterocycles. The molecule has 0 atom stereocenters. The Morgan fingerprint density at radius 1 is 1.10 bits per heavy atom. The summed E-state index contributed by atoms with van der Waals surface area (Å²) in [5.74, 6) is 0.626. The molecular formula is C21H22N4O3S. The maximum atomic E-state index is 12.2. The van der Waals surface area contributed by atoms with E-state index in [4.69, 9.17) is 0 Å². The number of nitrogens with one attached hydrogen (secondary N) is 3. The Morgan fingerprint density at radius 3 is 2.59 bits per heavy atom. The van der Waals surface area contributed by atoms with Gasteiger partial charge in [0.25, 0.3) is 0 Å². The average Bonchev–Trinajstić information content (AvgIpc) is 3.57. The number of hydrogen-bond acceptors (Lipinski definition) is 4. The molecule has 29 heavy (non-hydrogen) atoms. The third-order valence-electron chi connectivity index (χ3n) is 5.47. The third-order valence-corrected chi connectivity index (χ3v) is 7.34. The fraction of sp³-hybridized carbons (Fsp3) is 0.333. The molecule has 2 saturated carbocycles. The molecule has 1 amide bonds. The molecule has 7 nitrogen and oxygen atoms in total. The molecule has 2 fully saturated rings. The van der Waals surface area contributed by atoms with Crippen LogP contribution in [0.25, 0.3) is 22.2 Å². The van der Waals surface area contributed by atoms with Crippen LogP contribution in [0.2, 0.25) is 0 Å². The fourth-order valence-electron chi connectivity index (χ4n) is 3.55. The quantitative estimate of drug-likeness (QED) is 0.575. The van der Waals surface area contributed by atoms with Gasteiger partial charge in [0.15, 0.2) is 0 Å². The molecule has 3 aromatic rings. The first kappa shape index (κ1) is 18.2. The van der Waals surface area contributed by atoms with Gasteiger partial charge in [-0.2, -0.15) is 0 Å². The van der Waals surface area contributed by atoms with Gasteiger partial charge in [0.1, 0.15) is 11.5 Å². The van der Waals surface area contributed by atoms with Crippen LogP contribution in [-0.2, 0) is 14.8 Å². The van der Waals surface area contributed by atoms with Crippen molar-refractivity contribution in [3.05, 3.63) is 42.1 Å². The van der Waals surface area contributed by atoms with Gasteiger partial charge in [0.2, 0.25) is 15.9 Å². The van der Waals surface area contributed by atoms with E-state index >= 15 is 0 Å². The SMILES string of the molecule is Cc1cc(NS(=O)(=O)C2CC2)ccc1-c1cc(NC(=O)C2CC2)nc2[nH]ccc12. The van der Waals surface area contributed by atoms with Crippen molar-refractivity contribution in [1.29, 1.82) is 0 Å². The van der Waals surface area contributed by atoms with Crippen LogP contribution in [0.4, 0.5) is 11.5 Å². The van der Waals surface area contributed by atoms with Crippen LogP contribution in [0.1, 0.15) is 31.2 Å². The third kappa shape index (κ3) is 3.60. The van der Waals surface area contributed by atoms with Gasteiger partial charge < -0.3 is 10.3 Å². The van der Waals surface area contributed by atoms with E-state index in [2.05, 4.69) is 20.0 Å². The maximum absolute atomic E-state index is 12.2. The zero-order valence-electron chi connectivity index (χ0n) is 16.0. The molecule has 0 aliphatic heterocycles. The Balaban J connectivity index is 1.50. The van der Waals surface area contributed by atoms with Crippen molar-refractivity contribution in [1.82, 2.24) is 9.97 Å². The molecule has 0 bridgehead atoms. The van der Waals surface area contributed by atoms with Gasteiger partial charge in [-0.15, -0.1) is 0 Å². The van der Waals surface area contributed by atoms with Gasteiger partial charge in [-0.1, -0.05) is 6.07 Å². The summed E-state index contributed by atoms with van der Waals surface area (Å²) < 4.78 is 27.1. The number of aromatic nitrogens is 2. The topological polar surface area (TPSA) is 104 Å². The van der Waals surface area contributed by atoms with Crippen LogP contribution in [0, 0.1) is 12.8 Å². The van der Waals surface area contributed by atoms with Crippen molar-refractivity contribution in [2.24, 2.45) is 5.92 Å². The molecule has 0 unspecified atom stereocenters. The molecular weight excluding hydrogens is 388 g/mol. The highest BCUT2D eigenvalue weighted by Crippen LogP contribution is 2.35. The number of pyridine rings is 1. The minimum absolute atomic E-state index is 0.0101. The van der Waals surface area contributed by atoms with Crippen molar-refractivity contribution in [2.45, 2.75) is 37.9 Å². The predicted molar refractivity (Wildman–Crippen MR) is 113 cm³/mol. The molecule has 5 rings (SSSR count). The van der Waals surface area contributed by atoms with Gasteiger partial charge in [-0.3, -0.25) is 9.52 Å².